The van der Waals surface area contributed by atoms with Crippen LogP contribution in [0.2, 0.25) is 0 Å². The second kappa shape index (κ2) is 13.3. The molecule has 3 rings (SSSR count). The molecule has 1 fully saturated rings. The number of allylic oxidation sites excluding steroid dienone is 2. The predicted molar refractivity (Wildman–Crippen MR) is 156 cm³/mol. The molecule has 2 N–H and O–H groups in total. The summed E-state index contributed by atoms with van der Waals surface area (Å²) in [6.07, 6.45) is 2.25. The lowest BCUT2D eigenvalue weighted by Crippen LogP contribution is -2.42. The minimum atomic E-state index is -4.60. The fourth-order valence-electron chi connectivity index (χ4n) is 5.42. The number of sulfonamides is 1. The number of carbonyl (C=O) groups is 1. The van der Waals surface area contributed by atoms with Crippen molar-refractivity contribution in [3.8, 4) is 5.75 Å². The van der Waals surface area contributed by atoms with Gasteiger partial charge in [0, 0.05) is 41.1 Å². The normalized spacial score (nSPS) is 16.7. The summed E-state index contributed by atoms with van der Waals surface area (Å²) in [5, 5.41) is 3.84. The van der Waals surface area contributed by atoms with Gasteiger partial charge < -0.3 is 19.6 Å². The molecule has 1 amide bonds. The van der Waals surface area contributed by atoms with E-state index in [-0.39, 0.29) is 35.6 Å². The molecular weight excluding hydrogens is 573 g/mol. The van der Waals surface area contributed by atoms with Crippen molar-refractivity contribution in [3.05, 3.63) is 61.7 Å². The summed E-state index contributed by atoms with van der Waals surface area (Å²) in [6, 6.07) is 1.20. The molecule has 0 unspecified atom stereocenters. The Morgan fingerprint density at radius 3 is 2.50 bits per heavy atom. The van der Waals surface area contributed by atoms with Gasteiger partial charge in [0.25, 0.3) is 11.5 Å². The zero-order valence-corrected chi connectivity index (χ0v) is 25.4. The van der Waals surface area contributed by atoms with Gasteiger partial charge in [0.1, 0.15) is 5.75 Å². The Balaban J connectivity index is 1.92. The summed E-state index contributed by atoms with van der Waals surface area (Å²) in [5.41, 5.74) is 0.449. The van der Waals surface area contributed by atoms with E-state index in [1.165, 1.54) is 17.3 Å². The van der Waals surface area contributed by atoms with E-state index >= 15 is 0 Å². The third-order valence-electron chi connectivity index (χ3n) is 7.66. The molecule has 13 heteroatoms. The van der Waals surface area contributed by atoms with E-state index in [9.17, 15) is 31.2 Å². The molecule has 0 spiro atoms. The van der Waals surface area contributed by atoms with E-state index < -0.39 is 34.3 Å². The number of amides is 1. The Bertz CT molecular complexity index is 1600. The lowest BCUT2D eigenvalue weighted by Gasteiger charge is -2.35. The van der Waals surface area contributed by atoms with Crippen molar-refractivity contribution in [2.24, 2.45) is 5.92 Å². The quantitative estimate of drug-likeness (QED) is 0.428. The molecule has 0 aliphatic carbocycles. The van der Waals surface area contributed by atoms with Crippen molar-refractivity contribution in [2.75, 3.05) is 25.4 Å². The maximum Gasteiger partial charge on any atom is 0.422 e. The summed E-state index contributed by atoms with van der Waals surface area (Å²) in [5.74, 6) is -0.596. The minimum Gasteiger partial charge on any atom is -0.483 e. The number of hydrogen-bond acceptors (Lipinski definition) is 5. The van der Waals surface area contributed by atoms with E-state index in [4.69, 9.17) is 4.74 Å². The van der Waals surface area contributed by atoms with E-state index in [1.54, 1.807) is 13.8 Å². The molecule has 0 aromatic carbocycles. The first-order valence-electron chi connectivity index (χ1n) is 13.8. The number of nitrogens with one attached hydrogen (secondary N) is 2. The molecule has 1 atom stereocenters. The van der Waals surface area contributed by atoms with Crippen molar-refractivity contribution in [3.63, 3.8) is 0 Å². The number of ether oxygens (including phenoxy) is 1. The van der Waals surface area contributed by atoms with Gasteiger partial charge in [0.05, 0.1) is 23.4 Å². The number of pyridine rings is 1. The topological polar surface area (TPSA) is 114 Å². The second-order valence-electron chi connectivity index (χ2n) is 10.5. The highest BCUT2D eigenvalue weighted by molar-refractivity contribution is 7.89. The number of H-pyrrole nitrogens is 1. The molecule has 1 aliphatic heterocycles. The van der Waals surface area contributed by atoms with Crippen molar-refractivity contribution in [1.29, 1.82) is 0 Å². The molecule has 42 heavy (non-hydrogen) atoms. The van der Waals surface area contributed by atoms with Crippen molar-refractivity contribution in [2.45, 2.75) is 66.2 Å². The van der Waals surface area contributed by atoms with Crippen LogP contribution in [-0.4, -0.2) is 59.8 Å². The fourth-order valence-corrected chi connectivity index (χ4v) is 6.55. The van der Waals surface area contributed by atoms with Gasteiger partial charge >= 0.3 is 6.18 Å². The first-order chi connectivity index (χ1) is 19.6. The van der Waals surface area contributed by atoms with Gasteiger partial charge in [-0.3, -0.25) is 9.59 Å². The van der Waals surface area contributed by atoms with Gasteiger partial charge in [-0.05, 0) is 65.5 Å². The number of hydrogen-bond donors (Lipinski definition) is 2. The van der Waals surface area contributed by atoms with E-state index in [0.29, 0.717) is 53.5 Å². The maximum atomic E-state index is 13.5. The van der Waals surface area contributed by atoms with E-state index in [2.05, 4.69) is 16.9 Å². The molecule has 0 radical (unpaired) electrons. The lowest BCUT2D eigenvalue weighted by molar-refractivity contribution is -0.153. The summed E-state index contributed by atoms with van der Waals surface area (Å²) in [7, 11) is -3.27. The summed E-state index contributed by atoms with van der Waals surface area (Å²) in [4.78, 5) is 28.6. The molecule has 2 aromatic rings. The summed E-state index contributed by atoms with van der Waals surface area (Å²) < 4.78 is 71.5. The number of carbonyl (C=O) groups excluding carboxylic acids is 1. The fraction of sp³-hybridized carbons (Fsp3) is 0.517. The number of piperidine rings is 1. The Labute approximate surface area is 243 Å². The van der Waals surface area contributed by atoms with Crippen LogP contribution in [-0.2, 0) is 16.6 Å². The van der Waals surface area contributed by atoms with Crippen molar-refractivity contribution < 1.29 is 31.1 Å². The van der Waals surface area contributed by atoms with E-state index in [1.807, 2.05) is 36.6 Å². The summed E-state index contributed by atoms with van der Waals surface area (Å²) >= 11 is 0. The summed E-state index contributed by atoms with van der Waals surface area (Å²) in [6.45, 7) is 11.9. The van der Waals surface area contributed by atoms with Crippen LogP contribution in [0.15, 0.2) is 23.0 Å². The highest BCUT2D eigenvalue weighted by atomic mass is 32.2. The average molecular weight is 613 g/mol. The van der Waals surface area contributed by atoms with Gasteiger partial charge in [-0.25, -0.2) is 12.7 Å². The zero-order chi connectivity index (χ0) is 31.4. The molecule has 232 valence electrons. The molecule has 1 aliphatic rings. The molecule has 0 bridgehead atoms. The van der Waals surface area contributed by atoms with Crippen LogP contribution in [0, 0.1) is 19.8 Å². The lowest BCUT2D eigenvalue weighted by atomic mass is 9.91. The van der Waals surface area contributed by atoms with Crippen molar-refractivity contribution >= 4 is 28.6 Å². The van der Waals surface area contributed by atoms with Crippen LogP contribution in [0.5, 0.6) is 5.75 Å². The highest BCUT2D eigenvalue weighted by Gasteiger charge is 2.32. The Hall–Kier alpha value is -3.32. The Morgan fingerprint density at radius 2 is 1.93 bits per heavy atom. The molecule has 9 nitrogen and oxygen atoms in total. The Morgan fingerprint density at radius 1 is 1.29 bits per heavy atom. The van der Waals surface area contributed by atoms with Crippen LogP contribution in [0.1, 0.15) is 67.0 Å². The number of aromatic amines is 1. The van der Waals surface area contributed by atoms with Crippen molar-refractivity contribution in [1.82, 2.24) is 19.2 Å². The smallest absolute Gasteiger partial charge is 0.422 e. The van der Waals surface area contributed by atoms with Crippen LogP contribution in [0.3, 0.4) is 0 Å². The largest absolute Gasteiger partial charge is 0.483 e. The van der Waals surface area contributed by atoms with Crippen LogP contribution in [0.25, 0.3) is 12.7 Å². The molecule has 3 heterocycles. The molecule has 0 saturated carbocycles. The number of aryl methyl sites for hydroxylation is 1. The zero-order valence-electron chi connectivity index (χ0n) is 24.6. The standard InChI is InChI=1S/C29H39F3N4O5S/c1-7-9-10-24-19(4)26(21(6)36(24)20(5)22-11-13-35(14-12-22)42(39,40)8-2)28(38)33-16-23-25(41-17-29(30,31)32)15-18(3)34-27(23)37/h7,9-10,15,20,22H,4,8,11-14,16-17H2,1-3,5-6H3,(H,33,38)(H,34,37)/b9-7-,24-10+/t20-/m1/s1. The molecule has 2 aromatic heterocycles. The van der Waals surface area contributed by atoms with Gasteiger partial charge in [-0.2, -0.15) is 13.2 Å². The number of aromatic nitrogens is 2. The average Bonchev–Trinajstić information content (AvgIpc) is 3.17. The second-order valence-corrected chi connectivity index (χ2v) is 12.7. The van der Waals surface area contributed by atoms with Gasteiger partial charge in [-0.15, -0.1) is 0 Å². The SMILES string of the molecule is C=c1c(C(=O)NCc2c(OCC(F)(F)F)cc(C)[nH]c2=O)c(C)n([C@H](C)C2CCN(S(=O)(=O)CC)CC2)/c1=C/C=C\C. The van der Waals surface area contributed by atoms with Crippen LogP contribution in [0.4, 0.5) is 13.2 Å². The first-order valence-corrected chi connectivity index (χ1v) is 15.4. The predicted octanol–water partition coefficient (Wildman–Crippen LogP) is 3.05. The number of rotatable bonds is 10. The third kappa shape index (κ3) is 7.54. The Kier molecular flexibility index (Phi) is 10.5. The minimum absolute atomic E-state index is 0.0557. The molecular formula is C29H39F3N4O5S. The van der Waals surface area contributed by atoms with Gasteiger partial charge in [0.15, 0.2) is 6.61 Å². The maximum absolute atomic E-state index is 13.5. The van der Waals surface area contributed by atoms with Gasteiger partial charge in [-0.1, -0.05) is 18.7 Å². The van der Waals surface area contributed by atoms with E-state index in [0.717, 1.165) is 0 Å². The first kappa shape index (κ1) is 33.2. The molecule has 1 saturated heterocycles. The van der Waals surface area contributed by atoms with Crippen LogP contribution < -0.4 is 26.2 Å². The van der Waals surface area contributed by atoms with Gasteiger partial charge in [0.2, 0.25) is 10.0 Å². The number of halogens is 3. The number of nitrogens with zero attached hydrogens (tertiary/aromatic N) is 2. The third-order valence-corrected chi connectivity index (χ3v) is 9.54. The monoisotopic (exact) mass is 612 g/mol. The number of alkyl halides is 3. The van der Waals surface area contributed by atoms with Crippen LogP contribution >= 0.6 is 0 Å². The highest BCUT2D eigenvalue weighted by Crippen LogP contribution is 2.30.